The van der Waals surface area contributed by atoms with E-state index in [1.165, 1.54) is 11.1 Å². The minimum atomic E-state index is -0.816. The summed E-state index contributed by atoms with van der Waals surface area (Å²) in [6.45, 7) is 0. The van der Waals surface area contributed by atoms with Gasteiger partial charge in [-0.25, -0.2) is 10.9 Å². The lowest BCUT2D eigenvalue weighted by molar-refractivity contribution is -0.139. The molecule has 2 aliphatic rings. The number of rotatable bonds is 2. The van der Waals surface area contributed by atoms with E-state index in [1.54, 1.807) is 0 Å². The molecule has 0 unspecified atom stereocenters. The molecule has 0 bridgehead atoms. The zero-order valence-corrected chi connectivity index (χ0v) is 15.6. The Labute approximate surface area is 163 Å². The number of nitrogens with zero attached hydrogens (tertiary/aromatic N) is 2. The van der Waals surface area contributed by atoms with Crippen molar-refractivity contribution in [1.29, 1.82) is 0 Å². The van der Waals surface area contributed by atoms with Crippen molar-refractivity contribution in [3.8, 4) is 0 Å². The molecule has 0 spiro atoms. The van der Waals surface area contributed by atoms with Gasteiger partial charge in [-0.1, -0.05) is 48.5 Å². The van der Waals surface area contributed by atoms with Gasteiger partial charge >= 0.3 is 11.8 Å². The molecule has 28 heavy (non-hydrogen) atoms. The molecule has 0 saturated heterocycles. The summed E-state index contributed by atoms with van der Waals surface area (Å²) >= 11 is 0. The topological polar surface area (TPSA) is 82.9 Å². The average molecular weight is 374 g/mol. The fourth-order valence-electron chi connectivity index (χ4n) is 3.77. The van der Waals surface area contributed by atoms with Crippen molar-refractivity contribution in [2.45, 2.75) is 38.5 Å². The van der Waals surface area contributed by atoms with E-state index in [-0.39, 0.29) is 0 Å². The van der Waals surface area contributed by atoms with Crippen LogP contribution in [0, 0.1) is 0 Å². The van der Waals surface area contributed by atoms with Gasteiger partial charge in [-0.15, -0.1) is 0 Å². The van der Waals surface area contributed by atoms with Crippen LogP contribution in [0.25, 0.3) is 0 Å². The first kappa shape index (κ1) is 18.1. The third-order valence-corrected chi connectivity index (χ3v) is 5.17. The zero-order valence-electron chi connectivity index (χ0n) is 15.6. The third-order valence-electron chi connectivity index (χ3n) is 5.17. The van der Waals surface area contributed by atoms with E-state index in [2.05, 4.69) is 33.2 Å². The van der Waals surface area contributed by atoms with Crippen molar-refractivity contribution in [3.63, 3.8) is 0 Å². The SMILES string of the molecule is O=C(N/N=C1/CCCc2ccccc21)C(=O)N/N=C1/CCCc2ccccc21. The largest absolute Gasteiger partial charge is 0.331 e. The number of hydrazone groups is 2. The van der Waals surface area contributed by atoms with Crippen molar-refractivity contribution in [2.24, 2.45) is 10.2 Å². The summed E-state index contributed by atoms with van der Waals surface area (Å²) in [7, 11) is 0. The third kappa shape index (κ3) is 3.86. The van der Waals surface area contributed by atoms with Gasteiger partial charge in [0.2, 0.25) is 0 Å². The van der Waals surface area contributed by atoms with E-state index < -0.39 is 11.8 Å². The zero-order chi connectivity index (χ0) is 19.3. The predicted octanol–water partition coefficient (Wildman–Crippen LogP) is 2.70. The quantitative estimate of drug-likeness (QED) is 0.626. The van der Waals surface area contributed by atoms with Crippen LogP contribution in [0.1, 0.15) is 47.9 Å². The summed E-state index contributed by atoms with van der Waals surface area (Å²) in [6.07, 6.45) is 5.51. The lowest BCUT2D eigenvalue weighted by atomic mass is 9.90. The molecule has 0 fully saturated rings. The highest BCUT2D eigenvalue weighted by molar-refractivity contribution is 6.35. The number of hydrogen-bond donors (Lipinski definition) is 2. The highest BCUT2D eigenvalue weighted by Gasteiger charge is 2.19. The molecule has 142 valence electrons. The second-order valence-corrected chi connectivity index (χ2v) is 7.02. The first-order chi connectivity index (χ1) is 13.7. The van der Waals surface area contributed by atoms with Gasteiger partial charge in [0.1, 0.15) is 0 Å². The van der Waals surface area contributed by atoms with Crippen molar-refractivity contribution in [1.82, 2.24) is 10.9 Å². The highest BCUT2D eigenvalue weighted by atomic mass is 16.2. The van der Waals surface area contributed by atoms with Crippen LogP contribution in [0.2, 0.25) is 0 Å². The van der Waals surface area contributed by atoms with Gasteiger partial charge < -0.3 is 0 Å². The van der Waals surface area contributed by atoms with Gasteiger partial charge in [0.15, 0.2) is 0 Å². The van der Waals surface area contributed by atoms with Crippen LogP contribution < -0.4 is 10.9 Å². The molecule has 0 radical (unpaired) electrons. The van der Waals surface area contributed by atoms with Crippen molar-refractivity contribution in [2.75, 3.05) is 0 Å². The number of benzene rings is 2. The predicted molar refractivity (Wildman–Crippen MR) is 108 cm³/mol. The van der Waals surface area contributed by atoms with Gasteiger partial charge in [-0.3, -0.25) is 9.59 Å². The minimum Gasteiger partial charge on any atom is -0.262 e. The summed E-state index contributed by atoms with van der Waals surface area (Å²) in [5, 5.41) is 8.37. The number of amides is 2. The Bertz CT molecular complexity index is 899. The van der Waals surface area contributed by atoms with E-state index >= 15 is 0 Å². The van der Waals surface area contributed by atoms with Crippen LogP contribution >= 0.6 is 0 Å². The van der Waals surface area contributed by atoms with Crippen LogP contribution in [0.4, 0.5) is 0 Å². The number of carbonyl (C=O) groups excluding carboxylic acids is 2. The van der Waals surface area contributed by atoms with Crippen LogP contribution in [0.5, 0.6) is 0 Å². The Morgan fingerprint density at radius 2 is 1.07 bits per heavy atom. The maximum atomic E-state index is 12.1. The fourth-order valence-corrected chi connectivity index (χ4v) is 3.77. The van der Waals surface area contributed by atoms with Crippen LogP contribution in [-0.4, -0.2) is 23.2 Å². The Morgan fingerprint density at radius 3 is 1.54 bits per heavy atom. The second-order valence-electron chi connectivity index (χ2n) is 7.02. The number of fused-ring (bicyclic) bond motifs is 2. The number of carbonyl (C=O) groups is 2. The van der Waals surface area contributed by atoms with Gasteiger partial charge in [0.05, 0.1) is 11.4 Å². The fraction of sp³-hybridized carbons (Fsp3) is 0.273. The molecule has 2 aromatic rings. The summed E-state index contributed by atoms with van der Waals surface area (Å²) < 4.78 is 0. The summed E-state index contributed by atoms with van der Waals surface area (Å²) in [5.74, 6) is -1.63. The smallest absolute Gasteiger partial charge is 0.262 e. The maximum absolute atomic E-state index is 12.1. The first-order valence-electron chi connectivity index (χ1n) is 9.62. The molecule has 2 N–H and O–H groups in total. The van der Waals surface area contributed by atoms with Crippen LogP contribution in [0.3, 0.4) is 0 Å². The van der Waals surface area contributed by atoms with Crippen molar-refractivity contribution in [3.05, 3.63) is 70.8 Å². The molecule has 0 aliphatic heterocycles. The molecule has 0 saturated carbocycles. The molecule has 6 heteroatoms. The molecule has 6 nitrogen and oxygen atoms in total. The number of aryl methyl sites for hydroxylation is 2. The van der Waals surface area contributed by atoms with Crippen molar-refractivity contribution >= 4 is 23.2 Å². The number of hydrogen-bond acceptors (Lipinski definition) is 4. The molecule has 0 atom stereocenters. The average Bonchev–Trinajstić information content (AvgIpc) is 2.75. The van der Waals surface area contributed by atoms with Gasteiger partial charge in [-0.2, -0.15) is 10.2 Å². The van der Waals surface area contributed by atoms with E-state index in [9.17, 15) is 9.59 Å². The minimum absolute atomic E-state index is 0.776. The molecule has 0 aromatic heterocycles. The van der Waals surface area contributed by atoms with Gasteiger partial charge in [0.25, 0.3) is 0 Å². The van der Waals surface area contributed by atoms with Crippen LogP contribution in [-0.2, 0) is 22.4 Å². The van der Waals surface area contributed by atoms with Crippen LogP contribution in [0.15, 0.2) is 58.7 Å². The Morgan fingerprint density at radius 1 is 0.643 bits per heavy atom. The summed E-state index contributed by atoms with van der Waals surface area (Å²) in [4.78, 5) is 24.2. The van der Waals surface area contributed by atoms with E-state index in [0.717, 1.165) is 61.1 Å². The number of nitrogens with one attached hydrogen (secondary N) is 2. The van der Waals surface area contributed by atoms with Gasteiger partial charge in [-0.05, 0) is 49.7 Å². The molecule has 0 heterocycles. The summed E-state index contributed by atoms with van der Waals surface area (Å²) in [5.41, 5.74) is 10.8. The highest BCUT2D eigenvalue weighted by Crippen LogP contribution is 2.22. The molecule has 4 rings (SSSR count). The van der Waals surface area contributed by atoms with E-state index in [1.807, 2.05) is 36.4 Å². The molecular formula is C22H22N4O2. The molecule has 2 aliphatic carbocycles. The standard InChI is InChI=1S/C22H22N4O2/c27-21(25-23-19-13-5-9-15-7-1-3-11-17(15)19)22(28)26-24-20-14-6-10-16-8-2-4-12-18(16)20/h1-4,7-8,11-12H,5-6,9-10,13-14H2,(H,25,27)(H,26,28)/b23-19-,24-20-. The molecular weight excluding hydrogens is 352 g/mol. The Hall–Kier alpha value is -3.28. The second kappa shape index (κ2) is 8.17. The molecule has 2 amide bonds. The van der Waals surface area contributed by atoms with E-state index in [4.69, 9.17) is 0 Å². The lowest BCUT2D eigenvalue weighted by Gasteiger charge is -2.17. The normalized spacial score (nSPS) is 18.3. The maximum Gasteiger partial charge on any atom is 0.331 e. The van der Waals surface area contributed by atoms with Crippen molar-refractivity contribution < 1.29 is 9.59 Å². The first-order valence-corrected chi connectivity index (χ1v) is 9.62. The molecule has 2 aromatic carbocycles. The van der Waals surface area contributed by atoms with Gasteiger partial charge in [0, 0.05) is 11.1 Å². The summed E-state index contributed by atoms with van der Waals surface area (Å²) in [6, 6.07) is 16.0. The van der Waals surface area contributed by atoms with E-state index in [0.29, 0.717) is 0 Å². The Kier molecular flexibility index (Phi) is 5.28. The monoisotopic (exact) mass is 374 g/mol. The Balaban J connectivity index is 1.41. The lowest BCUT2D eigenvalue weighted by Crippen LogP contribution is -2.36.